The summed E-state index contributed by atoms with van der Waals surface area (Å²) >= 11 is 1.28. The third kappa shape index (κ3) is 5.49. The summed E-state index contributed by atoms with van der Waals surface area (Å²) < 4.78 is 10.1. The number of methoxy groups -OCH3 is 2. The maximum atomic E-state index is 12.5. The summed E-state index contributed by atoms with van der Waals surface area (Å²) in [4.78, 5) is 18.9. The van der Waals surface area contributed by atoms with Gasteiger partial charge in [0.05, 0.1) is 13.2 Å². The molecule has 120 valence electrons. The number of carbonyl (C=O) groups is 1. The SMILES string of the molecule is CCCNc1nc(N)c(C(=O)N(CCOC)CCOC)s1. The van der Waals surface area contributed by atoms with Gasteiger partial charge in [0.2, 0.25) is 0 Å². The summed E-state index contributed by atoms with van der Waals surface area (Å²) in [6, 6.07) is 0. The highest BCUT2D eigenvalue weighted by Crippen LogP contribution is 2.26. The van der Waals surface area contributed by atoms with Gasteiger partial charge in [0.1, 0.15) is 10.7 Å². The van der Waals surface area contributed by atoms with Gasteiger partial charge in [0.15, 0.2) is 5.13 Å². The molecule has 1 rings (SSSR count). The number of thiazole rings is 1. The molecule has 0 spiro atoms. The summed E-state index contributed by atoms with van der Waals surface area (Å²) in [6.45, 7) is 4.79. The molecule has 1 aromatic heterocycles. The van der Waals surface area contributed by atoms with Crippen LogP contribution in [0.1, 0.15) is 23.0 Å². The Bertz CT molecular complexity index is 431. The van der Waals surface area contributed by atoms with Crippen LogP contribution >= 0.6 is 11.3 Å². The third-order valence-electron chi connectivity index (χ3n) is 2.79. The summed E-state index contributed by atoms with van der Waals surface area (Å²) in [5.41, 5.74) is 5.86. The molecular weight excluding hydrogens is 292 g/mol. The highest BCUT2D eigenvalue weighted by molar-refractivity contribution is 7.18. The molecule has 1 amide bonds. The van der Waals surface area contributed by atoms with Crippen LogP contribution in [0.3, 0.4) is 0 Å². The minimum atomic E-state index is -0.136. The number of hydrogen-bond acceptors (Lipinski definition) is 7. The Labute approximate surface area is 129 Å². The molecule has 8 heteroatoms. The van der Waals surface area contributed by atoms with Gasteiger partial charge >= 0.3 is 0 Å². The van der Waals surface area contributed by atoms with Gasteiger partial charge in [-0.3, -0.25) is 4.79 Å². The largest absolute Gasteiger partial charge is 0.383 e. The van der Waals surface area contributed by atoms with Crippen molar-refractivity contribution in [2.24, 2.45) is 0 Å². The summed E-state index contributed by atoms with van der Waals surface area (Å²) in [6.07, 6.45) is 0.983. The number of nitrogen functional groups attached to an aromatic ring is 1. The van der Waals surface area contributed by atoms with Crippen LogP contribution in [0.2, 0.25) is 0 Å². The van der Waals surface area contributed by atoms with Gasteiger partial charge < -0.3 is 25.4 Å². The fourth-order valence-corrected chi connectivity index (χ4v) is 2.53. The normalized spacial score (nSPS) is 10.6. The predicted molar refractivity (Wildman–Crippen MR) is 85.0 cm³/mol. The molecule has 0 aliphatic rings. The van der Waals surface area contributed by atoms with Crippen LogP contribution in [0.15, 0.2) is 0 Å². The van der Waals surface area contributed by atoms with E-state index in [2.05, 4.69) is 17.2 Å². The van der Waals surface area contributed by atoms with E-state index in [0.29, 0.717) is 36.3 Å². The fourth-order valence-electron chi connectivity index (χ4n) is 1.65. The Balaban J connectivity index is 2.78. The molecular formula is C13H24N4O3S. The van der Waals surface area contributed by atoms with E-state index in [0.717, 1.165) is 13.0 Å². The molecule has 0 aliphatic heterocycles. The van der Waals surface area contributed by atoms with Crippen molar-refractivity contribution >= 4 is 28.2 Å². The standard InChI is InChI=1S/C13H24N4O3S/c1-4-5-15-13-16-11(14)10(21-13)12(18)17(6-8-19-2)7-9-20-3/h4-9,14H2,1-3H3,(H,15,16). The summed E-state index contributed by atoms with van der Waals surface area (Å²) in [7, 11) is 3.21. The zero-order valence-corrected chi connectivity index (χ0v) is 13.7. The second-order valence-corrected chi connectivity index (χ2v) is 5.44. The van der Waals surface area contributed by atoms with Gasteiger partial charge in [-0.05, 0) is 6.42 Å². The zero-order chi connectivity index (χ0) is 15.7. The smallest absolute Gasteiger partial charge is 0.268 e. The maximum absolute atomic E-state index is 12.5. The van der Waals surface area contributed by atoms with Crippen LogP contribution in [0.5, 0.6) is 0 Å². The molecule has 0 unspecified atom stereocenters. The van der Waals surface area contributed by atoms with E-state index in [1.807, 2.05) is 0 Å². The van der Waals surface area contributed by atoms with Gasteiger partial charge in [-0.2, -0.15) is 0 Å². The lowest BCUT2D eigenvalue weighted by Gasteiger charge is -2.21. The Morgan fingerprint density at radius 2 is 1.95 bits per heavy atom. The number of carbonyl (C=O) groups excluding carboxylic acids is 1. The number of amides is 1. The molecule has 0 aromatic carbocycles. The van der Waals surface area contributed by atoms with E-state index in [-0.39, 0.29) is 11.7 Å². The zero-order valence-electron chi connectivity index (χ0n) is 12.8. The molecule has 0 fully saturated rings. The Morgan fingerprint density at radius 3 is 2.48 bits per heavy atom. The van der Waals surface area contributed by atoms with Gasteiger partial charge in [-0.1, -0.05) is 18.3 Å². The van der Waals surface area contributed by atoms with E-state index in [9.17, 15) is 4.79 Å². The second kappa shape index (κ2) is 9.54. The molecule has 0 atom stereocenters. The summed E-state index contributed by atoms with van der Waals surface area (Å²) in [5, 5.41) is 3.82. The van der Waals surface area contributed by atoms with Crippen molar-refractivity contribution in [2.45, 2.75) is 13.3 Å². The second-order valence-electron chi connectivity index (χ2n) is 4.44. The van der Waals surface area contributed by atoms with E-state index in [1.54, 1.807) is 19.1 Å². The van der Waals surface area contributed by atoms with Gasteiger partial charge in [0.25, 0.3) is 5.91 Å². The molecule has 0 radical (unpaired) electrons. The van der Waals surface area contributed by atoms with Crippen LogP contribution in [0, 0.1) is 0 Å². The first-order chi connectivity index (χ1) is 10.1. The number of anilines is 2. The number of nitrogens with one attached hydrogen (secondary N) is 1. The molecule has 1 aromatic rings. The van der Waals surface area contributed by atoms with Crippen LogP contribution in [-0.4, -0.2) is 62.9 Å². The number of nitrogens with zero attached hydrogens (tertiary/aromatic N) is 2. The van der Waals surface area contributed by atoms with Gasteiger partial charge in [-0.25, -0.2) is 4.98 Å². The monoisotopic (exact) mass is 316 g/mol. The molecule has 0 saturated carbocycles. The molecule has 21 heavy (non-hydrogen) atoms. The fraction of sp³-hybridized carbons (Fsp3) is 0.692. The lowest BCUT2D eigenvalue weighted by atomic mass is 10.4. The van der Waals surface area contributed by atoms with E-state index in [4.69, 9.17) is 15.2 Å². The van der Waals surface area contributed by atoms with Crippen LogP contribution in [0.25, 0.3) is 0 Å². The van der Waals surface area contributed by atoms with Crippen molar-refractivity contribution in [2.75, 3.05) is 58.1 Å². The van der Waals surface area contributed by atoms with E-state index < -0.39 is 0 Å². The predicted octanol–water partition coefficient (Wildman–Crippen LogP) is 1.28. The molecule has 1 heterocycles. The Morgan fingerprint density at radius 1 is 1.33 bits per heavy atom. The number of rotatable bonds is 10. The minimum Gasteiger partial charge on any atom is -0.383 e. The van der Waals surface area contributed by atoms with Crippen molar-refractivity contribution in [3.05, 3.63) is 4.88 Å². The lowest BCUT2D eigenvalue weighted by Crippen LogP contribution is -2.36. The highest BCUT2D eigenvalue weighted by Gasteiger charge is 2.21. The van der Waals surface area contributed by atoms with Crippen LogP contribution in [-0.2, 0) is 9.47 Å². The van der Waals surface area contributed by atoms with E-state index >= 15 is 0 Å². The quantitative estimate of drug-likeness (QED) is 0.676. The molecule has 3 N–H and O–H groups in total. The first-order valence-electron chi connectivity index (χ1n) is 6.91. The third-order valence-corrected chi connectivity index (χ3v) is 3.81. The average Bonchev–Trinajstić information content (AvgIpc) is 2.85. The van der Waals surface area contributed by atoms with Gasteiger partial charge in [-0.15, -0.1) is 0 Å². The van der Waals surface area contributed by atoms with Crippen molar-refractivity contribution in [3.63, 3.8) is 0 Å². The molecule has 0 saturated heterocycles. The number of ether oxygens (including phenoxy) is 2. The first-order valence-corrected chi connectivity index (χ1v) is 7.73. The average molecular weight is 316 g/mol. The summed E-state index contributed by atoms with van der Waals surface area (Å²) in [5.74, 6) is 0.132. The van der Waals surface area contributed by atoms with Crippen molar-refractivity contribution < 1.29 is 14.3 Å². The number of hydrogen-bond donors (Lipinski definition) is 2. The number of aromatic nitrogens is 1. The van der Waals surface area contributed by atoms with Crippen molar-refractivity contribution in [3.8, 4) is 0 Å². The number of nitrogens with two attached hydrogens (primary N) is 1. The van der Waals surface area contributed by atoms with Crippen molar-refractivity contribution in [1.82, 2.24) is 9.88 Å². The van der Waals surface area contributed by atoms with Gasteiger partial charge in [0, 0.05) is 33.9 Å². The Hall–Kier alpha value is -1.38. The van der Waals surface area contributed by atoms with E-state index in [1.165, 1.54) is 11.3 Å². The maximum Gasteiger partial charge on any atom is 0.268 e. The topological polar surface area (TPSA) is 89.7 Å². The van der Waals surface area contributed by atoms with Crippen LogP contribution in [0.4, 0.5) is 10.9 Å². The highest BCUT2D eigenvalue weighted by atomic mass is 32.1. The Kier molecular flexibility index (Phi) is 8.03. The minimum absolute atomic E-state index is 0.136. The first kappa shape index (κ1) is 17.7. The van der Waals surface area contributed by atoms with Crippen LogP contribution < -0.4 is 11.1 Å². The molecule has 0 bridgehead atoms. The molecule has 0 aliphatic carbocycles. The molecule has 7 nitrogen and oxygen atoms in total. The van der Waals surface area contributed by atoms with Crippen molar-refractivity contribution in [1.29, 1.82) is 0 Å². The lowest BCUT2D eigenvalue weighted by molar-refractivity contribution is 0.0632.